The monoisotopic (exact) mass is 496 g/mol. The van der Waals surface area contributed by atoms with Gasteiger partial charge in [-0.05, 0) is 55.2 Å². The van der Waals surface area contributed by atoms with E-state index in [-0.39, 0.29) is 22.8 Å². The van der Waals surface area contributed by atoms with Crippen LogP contribution in [0.2, 0.25) is 0 Å². The number of nitrogens with one attached hydrogen (secondary N) is 1. The number of aliphatic hydroxyl groups excluding tert-OH is 1. The molecule has 36 heavy (non-hydrogen) atoms. The molecule has 3 aliphatic heterocycles. The number of anilines is 2. The van der Waals surface area contributed by atoms with Gasteiger partial charge in [0.25, 0.3) is 0 Å². The van der Waals surface area contributed by atoms with Gasteiger partial charge in [0, 0.05) is 56.9 Å². The Kier molecular flexibility index (Phi) is 6.06. The van der Waals surface area contributed by atoms with Gasteiger partial charge in [0.1, 0.15) is 11.6 Å². The van der Waals surface area contributed by atoms with Crippen LogP contribution in [0.25, 0.3) is 10.8 Å². The summed E-state index contributed by atoms with van der Waals surface area (Å²) >= 11 is 0. The summed E-state index contributed by atoms with van der Waals surface area (Å²) in [6.45, 7) is 7.88. The Labute approximate surface area is 211 Å². The van der Waals surface area contributed by atoms with Crippen LogP contribution < -0.4 is 15.0 Å². The van der Waals surface area contributed by atoms with Crippen LogP contribution in [0.1, 0.15) is 26.2 Å². The van der Waals surface area contributed by atoms with Crippen LogP contribution in [0.15, 0.2) is 24.4 Å². The minimum absolute atomic E-state index is 0.0623. The average Bonchev–Trinajstić information content (AvgIpc) is 3.48. The van der Waals surface area contributed by atoms with E-state index in [2.05, 4.69) is 33.1 Å². The summed E-state index contributed by atoms with van der Waals surface area (Å²) in [6, 6.07) is 6.11. The van der Waals surface area contributed by atoms with Gasteiger partial charge in [-0.2, -0.15) is 0 Å². The van der Waals surface area contributed by atoms with E-state index in [0.717, 1.165) is 80.9 Å². The van der Waals surface area contributed by atoms with E-state index < -0.39 is 6.10 Å². The molecule has 4 aliphatic rings. The average molecular weight is 497 g/mol. The molecule has 0 radical (unpaired) electrons. The molecule has 9 nitrogen and oxygen atoms in total. The van der Waals surface area contributed by atoms with Gasteiger partial charge in [0.05, 0.1) is 37.7 Å². The number of hydrogen-bond acceptors (Lipinski definition) is 8. The van der Waals surface area contributed by atoms with E-state index in [9.17, 15) is 9.90 Å². The Balaban J connectivity index is 1.18. The van der Waals surface area contributed by atoms with Crippen molar-refractivity contribution in [2.75, 3.05) is 69.9 Å². The van der Waals surface area contributed by atoms with Crippen LogP contribution in [-0.4, -0.2) is 92.3 Å². The lowest BCUT2D eigenvalue weighted by molar-refractivity contribution is -0.118. The van der Waals surface area contributed by atoms with Crippen molar-refractivity contribution in [2.24, 2.45) is 11.3 Å². The maximum atomic E-state index is 12.9. The first-order valence-electron chi connectivity index (χ1n) is 13.0. The number of rotatable bonds is 5. The number of methoxy groups -OCH3 is 1. The van der Waals surface area contributed by atoms with Crippen LogP contribution in [0.4, 0.5) is 11.5 Å². The molecule has 2 N–H and O–H groups in total. The van der Waals surface area contributed by atoms with Crippen molar-refractivity contribution >= 4 is 28.2 Å². The maximum absolute atomic E-state index is 12.9. The molecule has 9 heteroatoms. The fourth-order valence-electron chi connectivity index (χ4n) is 6.32. The zero-order valence-corrected chi connectivity index (χ0v) is 21.2. The summed E-state index contributed by atoms with van der Waals surface area (Å²) in [5.41, 5.74) is 0.841. The smallest absolute Gasteiger partial charge is 0.229 e. The third kappa shape index (κ3) is 4.12. The molecule has 3 saturated heterocycles. The zero-order valence-electron chi connectivity index (χ0n) is 21.2. The van der Waals surface area contributed by atoms with Gasteiger partial charge in [-0.3, -0.25) is 9.69 Å². The lowest BCUT2D eigenvalue weighted by Gasteiger charge is -2.45. The molecule has 1 aliphatic carbocycles. The summed E-state index contributed by atoms with van der Waals surface area (Å²) < 4.78 is 16.8. The molecular formula is C27H36N4O5. The molecule has 0 unspecified atom stereocenters. The second kappa shape index (κ2) is 9.13. The molecule has 4 fully saturated rings. The van der Waals surface area contributed by atoms with Crippen LogP contribution in [0, 0.1) is 11.3 Å². The zero-order chi connectivity index (χ0) is 24.9. The van der Waals surface area contributed by atoms with E-state index in [0.29, 0.717) is 19.0 Å². The van der Waals surface area contributed by atoms with Crippen molar-refractivity contribution < 1.29 is 24.1 Å². The number of benzene rings is 1. The molecule has 1 spiro atoms. The lowest BCUT2D eigenvalue weighted by Crippen LogP contribution is -2.60. The summed E-state index contributed by atoms with van der Waals surface area (Å²) in [4.78, 5) is 22.1. The first-order valence-corrected chi connectivity index (χ1v) is 13.0. The van der Waals surface area contributed by atoms with Gasteiger partial charge in [-0.1, -0.05) is 0 Å². The number of hydrogen-bond donors (Lipinski definition) is 2. The van der Waals surface area contributed by atoms with E-state index in [1.165, 1.54) is 0 Å². The van der Waals surface area contributed by atoms with Gasteiger partial charge in [0.15, 0.2) is 0 Å². The molecule has 1 saturated carbocycles. The first kappa shape index (κ1) is 23.9. The van der Waals surface area contributed by atoms with Gasteiger partial charge >= 0.3 is 0 Å². The van der Waals surface area contributed by atoms with Gasteiger partial charge < -0.3 is 29.5 Å². The number of carbonyl (C=O) groups excluding carboxylic acids is 1. The molecule has 6 rings (SSSR count). The highest BCUT2D eigenvalue weighted by Gasteiger charge is 2.58. The molecule has 1 aromatic carbocycles. The van der Waals surface area contributed by atoms with Crippen LogP contribution >= 0.6 is 0 Å². The largest absolute Gasteiger partial charge is 0.495 e. The third-order valence-corrected chi connectivity index (χ3v) is 9.00. The topological polar surface area (TPSA) is 96.4 Å². The highest BCUT2D eigenvalue weighted by molar-refractivity contribution is 5.97. The van der Waals surface area contributed by atoms with Gasteiger partial charge in [-0.25, -0.2) is 4.98 Å². The normalized spacial score (nSPS) is 30.0. The molecule has 194 valence electrons. The molecule has 2 aromatic rings. The van der Waals surface area contributed by atoms with Crippen molar-refractivity contribution in [3.05, 3.63) is 24.4 Å². The quantitative estimate of drug-likeness (QED) is 0.651. The van der Waals surface area contributed by atoms with Crippen molar-refractivity contribution in [3.63, 3.8) is 0 Å². The highest BCUT2D eigenvalue weighted by Crippen LogP contribution is 2.59. The van der Waals surface area contributed by atoms with E-state index in [4.69, 9.17) is 14.2 Å². The van der Waals surface area contributed by atoms with Crippen molar-refractivity contribution in [2.45, 2.75) is 37.8 Å². The molecular weight excluding hydrogens is 460 g/mol. The first-order chi connectivity index (χ1) is 17.4. The second-order valence-corrected chi connectivity index (χ2v) is 11.0. The molecule has 0 bridgehead atoms. The Bertz CT molecular complexity index is 1140. The maximum Gasteiger partial charge on any atom is 0.229 e. The summed E-state index contributed by atoms with van der Waals surface area (Å²) in [5.74, 6) is 1.53. The van der Waals surface area contributed by atoms with E-state index in [1.807, 2.05) is 12.1 Å². The molecule has 4 heterocycles. The van der Waals surface area contributed by atoms with Gasteiger partial charge in [0.2, 0.25) is 5.91 Å². The fraction of sp³-hybridized carbons (Fsp3) is 0.630. The molecule has 1 aromatic heterocycles. The molecule has 3 atom stereocenters. The van der Waals surface area contributed by atoms with Crippen molar-refractivity contribution in [1.82, 2.24) is 9.88 Å². The Morgan fingerprint density at radius 2 is 1.92 bits per heavy atom. The third-order valence-electron chi connectivity index (χ3n) is 9.00. The number of aromatic nitrogens is 1. The number of piperazine rings is 1. The Morgan fingerprint density at radius 1 is 1.14 bits per heavy atom. The van der Waals surface area contributed by atoms with Crippen molar-refractivity contribution in [1.29, 1.82) is 0 Å². The fourth-order valence-corrected chi connectivity index (χ4v) is 6.32. The second-order valence-electron chi connectivity index (χ2n) is 11.0. The highest BCUT2D eigenvalue weighted by atomic mass is 16.5. The number of fused-ring (bicyclic) bond motifs is 1. The number of amides is 1. The number of nitrogens with zero attached hydrogens (tertiary/aromatic N) is 3. The number of ether oxygens (including phenoxy) is 3. The van der Waals surface area contributed by atoms with E-state index >= 15 is 0 Å². The minimum atomic E-state index is -0.461. The predicted molar refractivity (Wildman–Crippen MR) is 137 cm³/mol. The summed E-state index contributed by atoms with van der Waals surface area (Å²) in [5, 5.41) is 15.5. The number of aliphatic hydroxyl groups is 1. The Morgan fingerprint density at radius 3 is 2.61 bits per heavy atom. The number of carbonyl (C=O) groups is 1. The van der Waals surface area contributed by atoms with E-state index in [1.54, 1.807) is 13.3 Å². The number of pyridine rings is 1. The van der Waals surface area contributed by atoms with Crippen LogP contribution in [-0.2, 0) is 14.3 Å². The SMILES string of the molecule is COc1cc2cnc(NC(=O)[C@@H]3CC34CCOCC4)cc2cc1N1CCN([C@@]2(C)COC[C@H]2O)CC1. The van der Waals surface area contributed by atoms with Crippen LogP contribution in [0.5, 0.6) is 5.75 Å². The molecule has 1 amide bonds. The minimum Gasteiger partial charge on any atom is -0.495 e. The standard InChI is InChI=1S/C27H36N4O5/c1-26(17-36-16-23(26)32)31-7-5-30(6-8-31)21-11-18-13-24(28-15-19(18)12-22(21)34-2)29-25(33)20-14-27(20)3-9-35-10-4-27/h11-13,15,20,23,32H,3-10,14,16-17H2,1-2H3,(H,28,29,33)/t20-,23+,26-/m0/s1. The summed E-state index contributed by atoms with van der Waals surface area (Å²) in [7, 11) is 1.69. The predicted octanol–water partition coefficient (Wildman–Crippen LogP) is 2.27. The lowest BCUT2D eigenvalue weighted by atomic mass is 9.93. The van der Waals surface area contributed by atoms with Crippen molar-refractivity contribution in [3.8, 4) is 5.75 Å². The van der Waals surface area contributed by atoms with Gasteiger partial charge in [-0.15, -0.1) is 0 Å². The Hall–Kier alpha value is -2.46. The van der Waals surface area contributed by atoms with Crippen LogP contribution in [0.3, 0.4) is 0 Å². The summed E-state index contributed by atoms with van der Waals surface area (Å²) in [6.07, 6.45) is 4.23.